The van der Waals surface area contributed by atoms with Crippen molar-refractivity contribution in [2.75, 3.05) is 0 Å². The summed E-state index contributed by atoms with van der Waals surface area (Å²) in [7, 11) is 0. The van der Waals surface area contributed by atoms with Gasteiger partial charge in [0.05, 0.1) is 20.8 Å². The van der Waals surface area contributed by atoms with E-state index >= 15 is 0 Å². The van der Waals surface area contributed by atoms with E-state index in [-0.39, 0.29) is 28.3 Å². The number of nitro groups is 2. The summed E-state index contributed by atoms with van der Waals surface area (Å²) in [6, 6.07) is 12.4. The molecule has 1 heterocycles. The highest BCUT2D eigenvalue weighted by Crippen LogP contribution is 2.36. The van der Waals surface area contributed by atoms with Crippen LogP contribution in [0.1, 0.15) is 5.89 Å². The van der Waals surface area contributed by atoms with Crippen molar-refractivity contribution in [3.8, 4) is 5.75 Å². The van der Waals surface area contributed by atoms with Gasteiger partial charge in [-0.25, -0.2) is 0 Å². The molecule has 0 atom stereocenters. The zero-order valence-corrected chi connectivity index (χ0v) is 13.8. The molecule has 0 fully saturated rings. The van der Waals surface area contributed by atoms with Crippen LogP contribution in [0.5, 0.6) is 5.75 Å². The maximum atomic E-state index is 11.1. The number of nitro benzene ring substituents is 2. The number of non-ortho nitro benzene ring substituents is 1. The minimum absolute atomic E-state index is 0.0416. The molecule has 2 aromatic carbocycles. The Morgan fingerprint density at radius 3 is 2.50 bits per heavy atom. The monoisotopic (exact) mass is 374 g/mol. The quantitative estimate of drug-likeness (QED) is 0.449. The van der Waals surface area contributed by atoms with Crippen LogP contribution in [0, 0.1) is 20.2 Å². The topological polar surface area (TPSA) is 134 Å². The van der Waals surface area contributed by atoms with Crippen LogP contribution in [0.3, 0.4) is 0 Å². The molecule has 3 aromatic rings. The van der Waals surface area contributed by atoms with Crippen LogP contribution in [0.25, 0.3) is 0 Å². The van der Waals surface area contributed by atoms with Crippen molar-refractivity contribution < 1.29 is 19.0 Å². The summed E-state index contributed by atoms with van der Waals surface area (Å²) in [5.41, 5.74) is -0.784. The van der Waals surface area contributed by atoms with Crippen LogP contribution in [0.4, 0.5) is 11.4 Å². The fourth-order valence-electron chi connectivity index (χ4n) is 1.94. The highest BCUT2D eigenvalue weighted by Gasteiger charge is 2.22. The summed E-state index contributed by atoms with van der Waals surface area (Å²) in [6.07, 6.45) is 0. The normalized spacial score (nSPS) is 10.5. The van der Waals surface area contributed by atoms with Gasteiger partial charge in [0.25, 0.3) is 22.5 Å². The summed E-state index contributed by atoms with van der Waals surface area (Å²) in [5.74, 6) is 0.826. The minimum Gasteiger partial charge on any atom is -0.484 e. The number of ether oxygens (including phenoxy) is 1. The molecule has 26 heavy (non-hydrogen) atoms. The molecule has 132 valence electrons. The van der Waals surface area contributed by atoms with Crippen LogP contribution in [0.15, 0.2) is 63.1 Å². The largest absolute Gasteiger partial charge is 0.484 e. The fourth-order valence-corrected chi connectivity index (χ4v) is 2.72. The van der Waals surface area contributed by atoms with Crippen LogP contribution in [0.2, 0.25) is 0 Å². The molecule has 0 bridgehead atoms. The van der Waals surface area contributed by atoms with Crippen LogP contribution in [-0.4, -0.2) is 20.0 Å². The molecule has 0 radical (unpaired) electrons. The summed E-state index contributed by atoms with van der Waals surface area (Å²) in [5, 5.41) is 29.6. The molecule has 11 heteroatoms. The van der Waals surface area contributed by atoms with Crippen molar-refractivity contribution in [1.29, 1.82) is 0 Å². The molecule has 10 nitrogen and oxygen atoms in total. The number of hydrogen-bond acceptors (Lipinski definition) is 9. The van der Waals surface area contributed by atoms with Gasteiger partial charge in [-0.05, 0) is 30.0 Å². The first kappa shape index (κ1) is 17.4. The minimum atomic E-state index is -0.703. The lowest BCUT2D eigenvalue weighted by molar-refractivity contribution is -0.396. The van der Waals surface area contributed by atoms with Gasteiger partial charge in [-0.2, -0.15) is 0 Å². The molecule has 0 N–H and O–H groups in total. The van der Waals surface area contributed by atoms with Crippen LogP contribution >= 0.6 is 11.8 Å². The van der Waals surface area contributed by atoms with E-state index in [1.54, 1.807) is 12.1 Å². The fraction of sp³-hybridized carbons (Fsp3) is 0.0667. The van der Waals surface area contributed by atoms with Crippen molar-refractivity contribution >= 4 is 23.1 Å². The van der Waals surface area contributed by atoms with E-state index < -0.39 is 15.5 Å². The van der Waals surface area contributed by atoms with E-state index in [0.717, 1.165) is 17.8 Å². The average molecular weight is 374 g/mol. The standard InChI is InChI=1S/C15H10N4O6S/c20-18(21)10-6-7-13(12(8-10)19(22)23)26-15-17-16-14(25-15)9-24-11-4-2-1-3-5-11/h1-8H,9H2. The second kappa shape index (κ2) is 7.61. The van der Waals surface area contributed by atoms with Gasteiger partial charge in [0.2, 0.25) is 0 Å². The van der Waals surface area contributed by atoms with Crippen molar-refractivity contribution in [2.24, 2.45) is 0 Å². The smallest absolute Gasteiger partial charge is 0.290 e. The van der Waals surface area contributed by atoms with Crippen molar-refractivity contribution in [2.45, 2.75) is 16.7 Å². The molecule has 0 amide bonds. The molecule has 0 saturated heterocycles. The molecule has 0 aliphatic rings. The molecule has 0 aliphatic carbocycles. The van der Waals surface area contributed by atoms with E-state index in [0.29, 0.717) is 5.75 Å². The number of benzene rings is 2. The Morgan fingerprint density at radius 2 is 1.81 bits per heavy atom. The SMILES string of the molecule is O=[N+]([O-])c1ccc(Sc2nnc(COc3ccccc3)o2)c([N+](=O)[O-])c1. The Labute approximate surface area is 150 Å². The third kappa shape index (κ3) is 4.13. The van der Waals surface area contributed by atoms with Gasteiger partial charge in [0, 0.05) is 6.07 Å². The van der Waals surface area contributed by atoms with E-state index in [4.69, 9.17) is 9.15 Å². The second-order valence-corrected chi connectivity index (χ2v) is 5.82. The molecule has 0 aliphatic heterocycles. The number of para-hydroxylation sites is 1. The molecule has 0 saturated carbocycles. The Balaban J connectivity index is 1.72. The number of hydrogen-bond donors (Lipinski definition) is 0. The molecule has 0 spiro atoms. The second-order valence-electron chi connectivity index (χ2n) is 4.83. The Bertz CT molecular complexity index is 946. The van der Waals surface area contributed by atoms with Crippen molar-refractivity contribution in [3.63, 3.8) is 0 Å². The summed E-state index contributed by atoms with van der Waals surface area (Å²) in [4.78, 5) is 20.6. The van der Waals surface area contributed by atoms with E-state index in [9.17, 15) is 20.2 Å². The van der Waals surface area contributed by atoms with Crippen LogP contribution in [-0.2, 0) is 6.61 Å². The maximum absolute atomic E-state index is 11.1. The van der Waals surface area contributed by atoms with Gasteiger partial charge in [0.1, 0.15) is 5.75 Å². The molecule has 3 rings (SSSR count). The first-order chi connectivity index (χ1) is 12.5. The van der Waals surface area contributed by atoms with Gasteiger partial charge in [0.15, 0.2) is 6.61 Å². The molecular formula is C15H10N4O6S. The van der Waals surface area contributed by atoms with E-state index in [1.807, 2.05) is 18.2 Å². The average Bonchev–Trinajstić information content (AvgIpc) is 3.08. The van der Waals surface area contributed by atoms with E-state index in [2.05, 4.69) is 10.2 Å². The first-order valence-corrected chi connectivity index (χ1v) is 7.95. The molecule has 0 unspecified atom stereocenters. The zero-order chi connectivity index (χ0) is 18.5. The van der Waals surface area contributed by atoms with Gasteiger partial charge in [-0.3, -0.25) is 20.2 Å². The number of aromatic nitrogens is 2. The van der Waals surface area contributed by atoms with Gasteiger partial charge < -0.3 is 9.15 Å². The highest BCUT2D eigenvalue weighted by molar-refractivity contribution is 7.99. The van der Waals surface area contributed by atoms with Crippen molar-refractivity contribution in [3.05, 3.63) is 74.7 Å². The summed E-state index contributed by atoms with van der Waals surface area (Å²) >= 11 is 0.845. The molecule has 1 aromatic heterocycles. The third-order valence-corrected chi connectivity index (χ3v) is 4.01. The number of rotatable bonds is 7. The Morgan fingerprint density at radius 1 is 1.04 bits per heavy atom. The predicted molar refractivity (Wildman–Crippen MR) is 88.9 cm³/mol. The highest BCUT2D eigenvalue weighted by atomic mass is 32.2. The lowest BCUT2D eigenvalue weighted by Gasteiger charge is -2.01. The Kier molecular flexibility index (Phi) is 5.08. The van der Waals surface area contributed by atoms with Crippen LogP contribution < -0.4 is 4.74 Å². The zero-order valence-electron chi connectivity index (χ0n) is 13.0. The lowest BCUT2D eigenvalue weighted by atomic mass is 10.3. The third-order valence-electron chi connectivity index (χ3n) is 3.10. The first-order valence-electron chi connectivity index (χ1n) is 7.14. The lowest BCUT2D eigenvalue weighted by Crippen LogP contribution is -1.95. The van der Waals surface area contributed by atoms with Crippen molar-refractivity contribution in [1.82, 2.24) is 10.2 Å². The Hall–Kier alpha value is -3.47. The van der Waals surface area contributed by atoms with E-state index in [1.165, 1.54) is 12.1 Å². The number of nitrogens with zero attached hydrogens (tertiary/aromatic N) is 4. The van der Waals surface area contributed by atoms with Gasteiger partial charge >= 0.3 is 0 Å². The van der Waals surface area contributed by atoms with Gasteiger partial charge in [-0.1, -0.05) is 18.2 Å². The summed E-state index contributed by atoms with van der Waals surface area (Å²) < 4.78 is 10.9. The maximum Gasteiger partial charge on any atom is 0.290 e. The van der Waals surface area contributed by atoms with Gasteiger partial charge in [-0.15, -0.1) is 10.2 Å². The summed E-state index contributed by atoms with van der Waals surface area (Å²) in [6.45, 7) is 0.0416. The predicted octanol–water partition coefficient (Wildman–Crippen LogP) is 3.62. The molecular weight excluding hydrogens is 364 g/mol.